The van der Waals surface area contributed by atoms with E-state index in [-0.39, 0.29) is 28.1 Å². The van der Waals surface area contributed by atoms with Gasteiger partial charge in [-0.2, -0.15) is 18.2 Å². The van der Waals surface area contributed by atoms with Crippen LogP contribution in [0.1, 0.15) is 0 Å². The summed E-state index contributed by atoms with van der Waals surface area (Å²) in [4.78, 5) is 8.89. The molecule has 2 aromatic heterocycles. The average Bonchev–Trinajstić information content (AvgIpc) is 3.48. The predicted molar refractivity (Wildman–Crippen MR) is 158 cm³/mol. The monoisotopic (exact) mass is 703 g/mol. The number of para-hydroxylation sites is 3. The third kappa shape index (κ3) is 4.41. The summed E-state index contributed by atoms with van der Waals surface area (Å²) in [5, 5.41) is 2.23. The summed E-state index contributed by atoms with van der Waals surface area (Å²) in [5.41, 5.74) is 5.00. The number of benzene rings is 4. The van der Waals surface area contributed by atoms with Gasteiger partial charge >= 0.3 is 28.1 Å². The molecule has 0 bridgehead atoms. The molecule has 6 aromatic rings. The zero-order valence-electron chi connectivity index (χ0n) is 22.2. The van der Waals surface area contributed by atoms with Gasteiger partial charge in [0.05, 0.1) is 5.69 Å². The van der Waals surface area contributed by atoms with Crippen LogP contribution in [0.2, 0.25) is 0 Å². The van der Waals surface area contributed by atoms with Gasteiger partial charge in [-0.15, -0.1) is 35.1 Å². The first kappa shape index (κ1) is 26.0. The summed E-state index contributed by atoms with van der Waals surface area (Å²) in [6, 6.07) is 37.3. The third-order valence-corrected chi connectivity index (χ3v) is 7.14. The maximum Gasteiger partial charge on any atom is 2.00 e. The smallest absolute Gasteiger partial charge is 0.537 e. The number of aromatic nitrogens is 2. The van der Waals surface area contributed by atoms with E-state index in [1.54, 1.807) is 0 Å². The van der Waals surface area contributed by atoms with E-state index in [1.165, 1.54) is 0 Å². The molecule has 1 aliphatic rings. The SMILES string of the molecule is CN(C)c1ccnc(-n2c3[c-]c(Oc4[c-]c(B5Oc6ccccc6N5C)ccc4)ccc3c3ccccc32)c1.[Pt+2]. The van der Waals surface area contributed by atoms with Gasteiger partial charge in [-0.25, -0.2) is 4.98 Å². The van der Waals surface area contributed by atoms with Gasteiger partial charge < -0.3 is 23.7 Å². The molecule has 0 N–H and O–H groups in total. The molecule has 40 heavy (non-hydrogen) atoms. The molecule has 0 saturated heterocycles. The zero-order chi connectivity index (χ0) is 26.5. The fourth-order valence-corrected chi connectivity index (χ4v) is 5.21. The van der Waals surface area contributed by atoms with E-state index in [0.717, 1.165) is 50.2 Å². The molecule has 1 aliphatic heterocycles. The summed E-state index contributed by atoms with van der Waals surface area (Å²) in [5.74, 6) is 2.90. The van der Waals surface area contributed by atoms with E-state index in [4.69, 9.17) is 14.4 Å². The standard InChI is InChI=1S/C32H25BN4O2.Pt/c1-35(2)23-17-18-34-32(20-23)37-28-12-5-4-11-26(28)27-16-15-25(21-30(27)37)38-24-10-8-9-22(19-24)33-36(3)29-13-6-7-14-31(29)39-33;/h4-18,20H,1-3H3;/q-2;+2. The molecule has 198 valence electrons. The number of pyridine rings is 1. The number of hydrogen-bond acceptors (Lipinski definition) is 5. The van der Waals surface area contributed by atoms with Gasteiger partial charge in [0, 0.05) is 49.1 Å². The van der Waals surface area contributed by atoms with Gasteiger partial charge in [-0.3, -0.25) is 0 Å². The van der Waals surface area contributed by atoms with E-state index in [1.807, 2.05) is 81.9 Å². The maximum absolute atomic E-state index is 6.32. The Balaban J connectivity index is 0.00000289. The summed E-state index contributed by atoms with van der Waals surface area (Å²) < 4.78 is 14.7. The second kappa shape index (κ2) is 10.4. The number of anilines is 2. The molecule has 0 atom stereocenters. The third-order valence-electron chi connectivity index (χ3n) is 7.14. The summed E-state index contributed by atoms with van der Waals surface area (Å²) in [7, 11) is 5.81. The Bertz CT molecular complexity index is 1850. The first-order valence-corrected chi connectivity index (χ1v) is 12.8. The van der Waals surface area contributed by atoms with Crippen LogP contribution in [0.5, 0.6) is 17.2 Å². The van der Waals surface area contributed by atoms with Crippen LogP contribution >= 0.6 is 0 Å². The average molecular weight is 703 g/mol. The minimum Gasteiger partial charge on any atom is -0.537 e. The summed E-state index contributed by atoms with van der Waals surface area (Å²) >= 11 is 0. The Morgan fingerprint density at radius 3 is 2.50 bits per heavy atom. The number of hydrogen-bond donors (Lipinski definition) is 0. The van der Waals surface area contributed by atoms with E-state index in [9.17, 15) is 0 Å². The number of nitrogens with zero attached hydrogens (tertiary/aromatic N) is 4. The molecule has 0 aliphatic carbocycles. The van der Waals surface area contributed by atoms with Crippen LogP contribution in [0.15, 0.2) is 97.2 Å². The predicted octanol–water partition coefficient (Wildman–Crippen LogP) is 5.86. The van der Waals surface area contributed by atoms with Crippen molar-refractivity contribution in [1.82, 2.24) is 9.55 Å². The second-order valence-corrected chi connectivity index (χ2v) is 9.83. The van der Waals surface area contributed by atoms with Crippen LogP contribution < -0.4 is 24.6 Å². The minimum absolute atomic E-state index is 0. The first-order chi connectivity index (χ1) is 19.1. The van der Waals surface area contributed by atoms with Crippen molar-refractivity contribution < 1.29 is 30.5 Å². The second-order valence-electron chi connectivity index (χ2n) is 9.83. The molecule has 0 unspecified atom stereocenters. The normalized spacial score (nSPS) is 12.3. The van der Waals surface area contributed by atoms with Crippen LogP contribution in [-0.2, 0) is 21.1 Å². The largest absolute Gasteiger partial charge is 2.00 e. The van der Waals surface area contributed by atoms with E-state index >= 15 is 0 Å². The fraction of sp³-hybridized carbons (Fsp3) is 0.0938. The van der Waals surface area contributed by atoms with E-state index < -0.39 is 0 Å². The van der Waals surface area contributed by atoms with Crippen LogP contribution in [0.3, 0.4) is 0 Å². The molecule has 6 nitrogen and oxygen atoms in total. The van der Waals surface area contributed by atoms with E-state index in [0.29, 0.717) is 11.5 Å². The van der Waals surface area contributed by atoms with Crippen LogP contribution in [0.25, 0.3) is 27.6 Å². The molecular formula is C32H25BN4O2Pt. The molecule has 8 heteroatoms. The van der Waals surface area contributed by atoms with E-state index in [2.05, 4.69) is 62.8 Å². The Morgan fingerprint density at radius 1 is 0.850 bits per heavy atom. The van der Waals surface area contributed by atoms with Crippen molar-refractivity contribution in [3.63, 3.8) is 0 Å². The Hall–Kier alpha value is -4.22. The van der Waals surface area contributed by atoms with Crippen LogP contribution in [0.4, 0.5) is 11.4 Å². The molecule has 0 saturated carbocycles. The minimum atomic E-state index is -0.269. The number of fused-ring (bicyclic) bond motifs is 4. The van der Waals surface area contributed by atoms with Crippen molar-refractivity contribution in [2.24, 2.45) is 0 Å². The Kier molecular flexibility index (Phi) is 6.77. The van der Waals surface area contributed by atoms with Crippen molar-refractivity contribution in [3.05, 3.63) is 109 Å². The van der Waals surface area contributed by atoms with Crippen molar-refractivity contribution in [1.29, 1.82) is 0 Å². The molecule has 7 rings (SSSR count). The topological polar surface area (TPSA) is 42.8 Å². The van der Waals surface area contributed by atoms with Crippen molar-refractivity contribution in [2.75, 3.05) is 30.9 Å². The molecule has 0 radical (unpaired) electrons. The number of ether oxygens (including phenoxy) is 1. The molecule has 0 spiro atoms. The van der Waals surface area contributed by atoms with Crippen molar-refractivity contribution >= 4 is 45.7 Å². The quantitative estimate of drug-likeness (QED) is 0.167. The van der Waals surface area contributed by atoms with Gasteiger partial charge in [0.2, 0.25) is 0 Å². The Morgan fingerprint density at radius 2 is 1.65 bits per heavy atom. The van der Waals surface area contributed by atoms with Gasteiger partial charge in [0.15, 0.2) is 0 Å². The van der Waals surface area contributed by atoms with Crippen molar-refractivity contribution in [3.8, 4) is 23.1 Å². The van der Waals surface area contributed by atoms with Gasteiger partial charge in [0.25, 0.3) is 0 Å². The zero-order valence-corrected chi connectivity index (χ0v) is 24.5. The number of rotatable bonds is 5. The van der Waals surface area contributed by atoms with Gasteiger partial charge in [-0.05, 0) is 36.7 Å². The summed E-state index contributed by atoms with van der Waals surface area (Å²) in [6.45, 7) is 0. The first-order valence-electron chi connectivity index (χ1n) is 12.8. The van der Waals surface area contributed by atoms with Crippen LogP contribution in [0, 0.1) is 12.1 Å². The Labute approximate surface area is 248 Å². The molecule has 0 fully saturated rings. The maximum atomic E-state index is 6.32. The molecule has 4 aromatic carbocycles. The van der Waals surface area contributed by atoms with Gasteiger partial charge in [0.1, 0.15) is 11.6 Å². The van der Waals surface area contributed by atoms with Crippen LogP contribution in [-0.4, -0.2) is 37.7 Å². The summed E-state index contributed by atoms with van der Waals surface area (Å²) in [6.07, 6.45) is 1.84. The van der Waals surface area contributed by atoms with Crippen molar-refractivity contribution in [2.45, 2.75) is 0 Å². The molecule has 3 heterocycles. The fourth-order valence-electron chi connectivity index (χ4n) is 5.21. The molecular weight excluding hydrogens is 678 g/mol. The molecule has 0 amide bonds. The van der Waals surface area contributed by atoms with Gasteiger partial charge in [-0.1, -0.05) is 35.8 Å².